The SMILES string of the molecule is Cc1ncsc1CN(C)c1ccc(C(=N)N)cc1Cl. The van der Waals surface area contributed by atoms with Crippen molar-refractivity contribution in [3.8, 4) is 0 Å². The van der Waals surface area contributed by atoms with Crippen LogP contribution in [0.4, 0.5) is 5.69 Å². The van der Waals surface area contributed by atoms with Crippen LogP contribution in [0.3, 0.4) is 0 Å². The van der Waals surface area contributed by atoms with Gasteiger partial charge in [0.2, 0.25) is 0 Å². The maximum absolute atomic E-state index is 7.40. The fraction of sp³-hybridized carbons (Fsp3) is 0.231. The number of hydrogen-bond acceptors (Lipinski definition) is 4. The number of nitrogens with zero attached hydrogens (tertiary/aromatic N) is 2. The lowest BCUT2D eigenvalue weighted by Crippen LogP contribution is -2.17. The van der Waals surface area contributed by atoms with Crippen LogP contribution in [-0.2, 0) is 6.54 Å². The van der Waals surface area contributed by atoms with Crippen LogP contribution in [0.25, 0.3) is 0 Å². The molecule has 0 saturated heterocycles. The second-order valence-electron chi connectivity index (χ2n) is 4.30. The molecule has 0 unspecified atom stereocenters. The van der Waals surface area contributed by atoms with Gasteiger partial charge in [-0.15, -0.1) is 11.3 Å². The van der Waals surface area contributed by atoms with Crippen molar-refractivity contribution in [2.45, 2.75) is 13.5 Å². The molecule has 0 aliphatic carbocycles. The van der Waals surface area contributed by atoms with Gasteiger partial charge in [-0.2, -0.15) is 0 Å². The van der Waals surface area contributed by atoms with Crippen molar-refractivity contribution in [1.82, 2.24) is 4.98 Å². The molecule has 0 radical (unpaired) electrons. The van der Waals surface area contributed by atoms with E-state index in [1.165, 1.54) is 4.88 Å². The molecule has 0 amide bonds. The number of anilines is 1. The van der Waals surface area contributed by atoms with Crippen LogP contribution < -0.4 is 10.6 Å². The third kappa shape index (κ3) is 3.05. The van der Waals surface area contributed by atoms with Crippen molar-refractivity contribution < 1.29 is 0 Å². The Bertz CT molecular complexity index is 608. The Morgan fingerprint density at radius 3 is 2.79 bits per heavy atom. The summed E-state index contributed by atoms with van der Waals surface area (Å²) >= 11 is 7.88. The van der Waals surface area contributed by atoms with Crippen LogP contribution in [0.2, 0.25) is 5.02 Å². The molecule has 3 N–H and O–H groups in total. The van der Waals surface area contributed by atoms with Crippen molar-refractivity contribution in [2.24, 2.45) is 5.73 Å². The molecular formula is C13H15ClN4S. The summed E-state index contributed by atoms with van der Waals surface area (Å²) in [4.78, 5) is 7.52. The van der Waals surface area contributed by atoms with Gasteiger partial charge in [0.15, 0.2) is 0 Å². The molecule has 0 saturated carbocycles. The van der Waals surface area contributed by atoms with Crippen molar-refractivity contribution in [1.29, 1.82) is 5.41 Å². The van der Waals surface area contributed by atoms with E-state index in [9.17, 15) is 0 Å². The van der Waals surface area contributed by atoms with E-state index in [-0.39, 0.29) is 5.84 Å². The predicted octanol–water partition coefficient (Wildman–Crippen LogP) is 3.03. The van der Waals surface area contributed by atoms with Gasteiger partial charge in [-0.25, -0.2) is 4.98 Å². The molecule has 6 heteroatoms. The molecule has 100 valence electrons. The highest BCUT2D eigenvalue weighted by atomic mass is 35.5. The molecule has 1 aromatic heterocycles. The summed E-state index contributed by atoms with van der Waals surface area (Å²) < 4.78 is 0. The molecule has 4 nitrogen and oxygen atoms in total. The van der Waals surface area contributed by atoms with E-state index >= 15 is 0 Å². The van der Waals surface area contributed by atoms with Gasteiger partial charge in [0.1, 0.15) is 5.84 Å². The van der Waals surface area contributed by atoms with Crippen molar-refractivity contribution in [2.75, 3.05) is 11.9 Å². The molecule has 2 aromatic rings. The Morgan fingerprint density at radius 1 is 1.53 bits per heavy atom. The van der Waals surface area contributed by atoms with Gasteiger partial charge in [-0.1, -0.05) is 11.6 Å². The van der Waals surface area contributed by atoms with Crippen molar-refractivity contribution in [3.63, 3.8) is 0 Å². The quantitative estimate of drug-likeness (QED) is 0.673. The van der Waals surface area contributed by atoms with Crippen molar-refractivity contribution >= 4 is 34.5 Å². The van der Waals surface area contributed by atoms with E-state index in [1.54, 1.807) is 23.5 Å². The molecule has 1 aromatic carbocycles. The zero-order chi connectivity index (χ0) is 14.0. The predicted molar refractivity (Wildman–Crippen MR) is 81.4 cm³/mol. The molecule has 0 fully saturated rings. The Balaban J connectivity index is 2.22. The minimum atomic E-state index is 0.0226. The second kappa shape index (κ2) is 5.59. The number of nitrogens with two attached hydrogens (primary N) is 1. The number of amidine groups is 1. The van der Waals surface area contributed by atoms with Crippen molar-refractivity contribution in [3.05, 3.63) is 44.9 Å². The van der Waals surface area contributed by atoms with Crippen LogP contribution >= 0.6 is 22.9 Å². The minimum Gasteiger partial charge on any atom is -0.384 e. The first kappa shape index (κ1) is 13.8. The molecule has 0 spiro atoms. The summed E-state index contributed by atoms with van der Waals surface area (Å²) in [7, 11) is 1.98. The lowest BCUT2D eigenvalue weighted by Gasteiger charge is -2.20. The molecular weight excluding hydrogens is 280 g/mol. The monoisotopic (exact) mass is 294 g/mol. The Hall–Kier alpha value is -1.59. The van der Waals surface area contributed by atoms with Gasteiger partial charge in [-0.3, -0.25) is 5.41 Å². The average molecular weight is 295 g/mol. The topological polar surface area (TPSA) is 66.0 Å². The third-order valence-corrected chi connectivity index (χ3v) is 4.12. The van der Waals surface area contributed by atoms with E-state index in [4.69, 9.17) is 22.7 Å². The third-order valence-electron chi connectivity index (χ3n) is 2.90. The summed E-state index contributed by atoms with van der Waals surface area (Å²) in [6, 6.07) is 5.41. The Kier molecular flexibility index (Phi) is 4.07. The highest BCUT2D eigenvalue weighted by molar-refractivity contribution is 7.09. The molecule has 0 aliphatic rings. The maximum Gasteiger partial charge on any atom is 0.122 e. The highest BCUT2D eigenvalue weighted by Gasteiger charge is 2.11. The van der Waals surface area contributed by atoms with Gasteiger partial charge >= 0.3 is 0 Å². The lowest BCUT2D eigenvalue weighted by molar-refractivity contribution is 0.926. The number of nitrogens with one attached hydrogen (secondary N) is 1. The molecule has 1 heterocycles. The Labute approximate surface area is 121 Å². The van der Waals surface area contributed by atoms with E-state index in [0.717, 1.165) is 17.9 Å². The van der Waals surface area contributed by atoms with Crippen LogP contribution in [0, 0.1) is 12.3 Å². The van der Waals surface area contributed by atoms with Gasteiger partial charge in [-0.05, 0) is 25.1 Å². The van der Waals surface area contributed by atoms with Gasteiger partial charge < -0.3 is 10.6 Å². The fourth-order valence-corrected chi connectivity index (χ4v) is 2.92. The summed E-state index contributed by atoms with van der Waals surface area (Å²) in [6.07, 6.45) is 0. The zero-order valence-corrected chi connectivity index (χ0v) is 12.3. The number of halogens is 1. The maximum atomic E-state index is 7.40. The number of aromatic nitrogens is 1. The summed E-state index contributed by atoms with van der Waals surface area (Å²) in [5.74, 6) is 0.0226. The van der Waals surface area contributed by atoms with Crippen LogP contribution in [-0.4, -0.2) is 17.9 Å². The molecule has 2 rings (SSSR count). The largest absolute Gasteiger partial charge is 0.384 e. The summed E-state index contributed by atoms with van der Waals surface area (Å²) in [6.45, 7) is 2.76. The van der Waals surface area contributed by atoms with E-state index in [2.05, 4.69) is 9.88 Å². The molecule has 0 aliphatic heterocycles. The van der Waals surface area contributed by atoms with Gasteiger partial charge in [0.25, 0.3) is 0 Å². The average Bonchev–Trinajstić information content (AvgIpc) is 2.74. The van der Waals surface area contributed by atoms with Crippen LogP contribution in [0.5, 0.6) is 0 Å². The standard InChI is InChI=1S/C13H15ClN4S/c1-8-12(19-7-17-8)6-18(2)11-4-3-9(13(15)16)5-10(11)14/h3-5,7H,6H2,1-2H3,(H3,15,16). The van der Waals surface area contributed by atoms with E-state index in [0.29, 0.717) is 10.6 Å². The van der Waals surface area contributed by atoms with Crippen LogP contribution in [0.1, 0.15) is 16.1 Å². The number of thiazole rings is 1. The molecule has 0 atom stereocenters. The second-order valence-corrected chi connectivity index (χ2v) is 5.64. The minimum absolute atomic E-state index is 0.0226. The number of hydrogen-bond donors (Lipinski definition) is 2. The number of benzene rings is 1. The number of aryl methyl sites for hydroxylation is 1. The van der Waals surface area contributed by atoms with Gasteiger partial charge in [0, 0.05) is 17.5 Å². The normalized spacial score (nSPS) is 10.5. The summed E-state index contributed by atoms with van der Waals surface area (Å²) in [5, 5.41) is 7.99. The summed E-state index contributed by atoms with van der Waals surface area (Å²) in [5.41, 5.74) is 9.89. The Morgan fingerprint density at radius 2 is 2.26 bits per heavy atom. The first-order valence-electron chi connectivity index (χ1n) is 5.73. The fourth-order valence-electron chi connectivity index (χ4n) is 1.76. The van der Waals surface area contributed by atoms with Gasteiger partial charge in [0.05, 0.1) is 28.5 Å². The van der Waals surface area contributed by atoms with Crippen LogP contribution in [0.15, 0.2) is 23.7 Å². The highest BCUT2D eigenvalue weighted by Crippen LogP contribution is 2.28. The smallest absolute Gasteiger partial charge is 0.122 e. The van der Waals surface area contributed by atoms with E-state index < -0.39 is 0 Å². The van der Waals surface area contributed by atoms with E-state index in [1.807, 2.05) is 25.5 Å². The first-order valence-corrected chi connectivity index (χ1v) is 6.99. The first-order chi connectivity index (χ1) is 8.99. The number of nitrogen functional groups attached to an aromatic ring is 1. The molecule has 0 bridgehead atoms. The molecule has 19 heavy (non-hydrogen) atoms. The number of rotatable bonds is 4. The lowest BCUT2D eigenvalue weighted by atomic mass is 10.2. The zero-order valence-electron chi connectivity index (χ0n) is 10.8.